The lowest BCUT2D eigenvalue weighted by atomic mass is 10.0. The minimum Gasteiger partial charge on any atom is -0.460 e. The van der Waals surface area contributed by atoms with Crippen LogP contribution in [-0.4, -0.2) is 51.7 Å². The molecule has 1 rings (SSSR count). The van der Waals surface area contributed by atoms with Crippen LogP contribution >= 0.6 is 0 Å². The topological polar surface area (TPSA) is 54.0 Å². The van der Waals surface area contributed by atoms with Crippen molar-refractivity contribution < 1.29 is 23.7 Å². The van der Waals surface area contributed by atoms with Gasteiger partial charge in [0.2, 0.25) is 0 Å². The summed E-state index contributed by atoms with van der Waals surface area (Å²) in [5.74, 6) is -0.378. The lowest BCUT2D eigenvalue weighted by Crippen LogP contribution is -2.46. The van der Waals surface area contributed by atoms with Crippen LogP contribution in [0.1, 0.15) is 6.42 Å². The molecule has 0 bridgehead atoms. The van der Waals surface area contributed by atoms with Crippen molar-refractivity contribution in [1.29, 1.82) is 0 Å². The number of methoxy groups -OCH3 is 2. The van der Waals surface area contributed by atoms with E-state index in [-0.39, 0.29) is 24.8 Å². The number of carbonyl (C=O) groups excluding carboxylic acids is 1. The van der Waals surface area contributed by atoms with E-state index in [1.165, 1.54) is 6.08 Å². The first-order valence-electron chi connectivity index (χ1n) is 5.17. The number of hydrogen-bond donors (Lipinski definition) is 0. The van der Waals surface area contributed by atoms with Crippen molar-refractivity contribution in [2.45, 2.75) is 24.7 Å². The molecule has 3 atom stereocenters. The molecule has 0 aromatic rings. The molecule has 92 valence electrons. The fourth-order valence-corrected chi connectivity index (χ4v) is 1.62. The number of carbonyl (C=O) groups is 1. The molecular formula is C11H18O5. The average Bonchev–Trinajstić information content (AvgIpc) is 2.34. The Morgan fingerprint density at radius 3 is 2.69 bits per heavy atom. The standard InChI is InChI=1S/C11H18O5/c1-4-5-15-11(12)9-6-8(13-2)10(14-3)7-16-9/h4,8-10H,1,5-7H2,2-3H3/t8-,9-,10-/m0/s1. The Labute approximate surface area is 95.3 Å². The van der Waals surface area contributed by atoms with Crippen LogP contribution in [0, 0.1) is 0 Å². The summed E-state index contributed by atoms with van der Waals surface area (Å²) in [5.41, 5.74) is 0. The highest BCUT2D eigenvalue weighted by Gasteiger charge is 2.35. The Hall–Kier alpha value is -0.910. The summed E-state index contributed by atoms with van der Waals surface area (Å²) in [4.78, 5) is 11.5. The Kier molecular flexibility index (Phi) is 5.45. The van der Waals surface area contributed by atoms with Crippen molar-refractivity contribution in [2.75, 3.05) is 27.4 Å². The Morgan fingerprint density at radius 2 is 2.12 bits per heavy atom. The van der Waals surface area contributed by atoms with Crippen LogP contribution in [0.3, 0.4) is 0 Å². The minimum atomic E-state index is -0.573. The van der Waals surface area contributed by atoms with E-state index in [0.29, 0.717) is 13.0 Å². The number of ether oxygens (including phenoxy) is 4. The molecule has 0 aromatic heterocycles. The van der Waals surface area contributed by atoms with Gasteiger partial charge in [0.25, 0.3) is 0 Å². The van der Waals surface area contributed by atoms with Crippen molar-refractivity contribution in [3.05, 3.63) is 12.7 Å². The number of rotatable bonds is 5. The summed E-state index contributed by atoms with van der Waals surface area (Å²) in [5, 5.41) is 0. The van der Waals surface area contributed by atoms with E-state index in [1.54, 1.807) is 14.2 Å². The van der Waals surface area contributed by atoms with Crippen LogP contribution in [-0.2, 0) is 23.7 Å². The number of esters is 1. The molecule has 1 saturated heterocycles. The first kappa shape index (κ1) is 13.2. The van der Waals surface area contributed by atoms with Gasteiger partial charge >= 0.3 is 5.97 Å². The molecule has 0 amide bonds. The zero-order chi connectivity index (χ0) is 12.0. The van der Waals surface area contributed by atoms with Crippen LogP contribution < -0.4 is 0 Å². The summed E-state index contributed by atoms with van der Waals surface area (Å²) in [6, 6.07) is 0. The predicted molar refractivity (Wildman–Crippen MR) is 57.1 cm³/mol. The van der Waals surface area contributed by atoms with E-state index in [0.717, 1.165) is 0 Å². The normalized spacial score (nSPS) is 29.8. The average molecular weight is 230 g/mol. The number of hydrogen-bond acceptors (Lipinski definition) is 5. The molecule has 0 N–H and O–H groups in total. The summed E-state index contributed by atoms with van der Waals surface area (Å²) < 4.78 is 20.7. The maximum Gasteiger partial charge on any atom is 0.335 e. The summed E-state index contributed by atoms with van der Waals surface area (Å²) in [6.45, 7) is 4.01. The molecule has 16 heavy (non-hydrogen) atoms. The van der Waals surface area contributed by atoms with E-state index in [9.17, 15) is 4.79 Å². The smallest absolute Gasteiger partial charge is 0.335 e. The first-order chi connectivity index (χ1) is 7.72. The third-order valence-corrected chi connectivity index (χ3v) is 2.53. The third kappa shape index (κ3) is 3.30. The van der Waals surface area contributed by atoms with Crippen molar-refractivity contribution in [2.24, 2.45) is 0 Å². The van der Waals surface area contributed by atoms with Gasteiger partial charge in [0.05, 0.1) is 12.7 Å². The third-order valence-electron chi connectivity index (χ3n) is 2.53. The van der Waals surface area contributed by atoms with Crippen LogP contribution in [0.2, 0.25) is 0 Å². The summed E-state index contributed by atoms with van der Waals surface area (Å²) in [7, 11) is 3.19. The second kappa shape index (κ2) is 6.62. The SMILES string of the molecule is C=CCOC(=O)[C@@H]1C[C@H](OC)[C@@H](OC)CO1. The summed E-state index contributed by atoms with van der Waals surface area (Å²) in [6.07, 6.45) is 1.13. The lowest BCUT2D eigenvalue weighted by Gasteiger charge is -2.33. The van der Waals surface area contributed by atoms with Gasteiger partial charge in [-0.2, -0.15) is 0 Å². The largest absolute Gasteiger partial charge is 0.460 e. The quantitative estimate of drug-likeness (QED) is 0.509. The molecule has 0 aromatic carbocycles. The van der Waals surface area contributed by atoms with E-state index < -0.39 is 6.10 Å². The van der Waals surface area contributed by atoms with Gasteiger partial charge in [-0.1, -0.05) is 12.7 Å². The molecular weight excluding hydrogens is 212 g/mol. The van der Waals surface area contributed by atoms with E-state index in [4.69, 9.17) is 18.9 Å². The van der Waals surface area contributed by atoms with E-state index in [2.05, 4.69) is 6.58 Å². The van der Waals surface area contributed by atoms with Gasteiger partial charge in [-0.3, -0.25) is 0 Å². The van der Waals surface area contributed by atoms with Gasteiger partial charge in [0.15, 0.2) is 6.10 Å². The van der Waals surface area contributed by atoms with Crippen LogP contribution in [0.5, 0.6) is 0 Å². The first-order valence-corrected chi connectivity index (χ1v) is 5.17. The Morgan fingerprint density at radius 1 is 1.44 bits per heavy atom. The molecule has 1 aliphatic rings. The highest BCUT2D eigenvalue weighted by Crippen LogP contribution is 2.19. The highest BCUT2D eigenvalue weighted by atomic mass is 16.6. The van der Waals surface area contributed by atoms with E-state index >= 15 is 0 Å². The fourth-order valence-electron chi connectivity index (χ4n) is 1.62. The van der Waals surface area contributed by atoms with Gasteiger partial charge in [-0.05, 0) is 0 Å². The maximum atomic E-state index is 11.5. The molecule has 0 radical (unpaired) electrons. The molecule has 5 nitrogen and oxygen atoms in total. The molecule has 0 saturated carbocycles. The maximum absolute atomic E-state index is 11.5. The van der Waals surface area contributed by atoms with Gasteiger partial charge < -0.3 is 18.9 Å². The van der Waals surface area contributed by atoms with Crippen molar-refractivity contribution in [3.63, 3.8) is 0 Å². The van der Waals surface area contributed by atoms with Crippen molar-refractivity contribution >= 4 is 5.97 Å². The second-order valence-corrected chi connectivity index (χ2v) is 3.52. The van der Waals surface area contributed by atoms with Gasteiger partial charge in [-0.15, -0.1) is 0 Å². The van der Waals surface area contributed by atoms with Gasteiger partial charge in [0, 0.05) is 20.6 Å². The molecule has 5 heteroatoms. The zero-order valence-electron chi connectivity index (χ0n) is 9.68. The summed E-state index contributed by atoms with van der Waals surface area (Å²) >= 11 is 0. The van der Waals surface area contributed by atoms with Crippen LogP contribution in [0.15, 0.2) is 12.7 Å². The Bertz CT molecular complexity index is 241. The van der Waals surface area contributed by atoms with Gasteiger partial charge in [0.1, 0.15) is 12.7 Å². The lowest BCUT2D eigenvalue weighted by molar-refractivity contribution is -0.179. The van der Waals surface area contributed by atoms with E-state index in [1.807, 2.05) is 0 Å². The Balaban J connectivity index is 2.46. The molecule has 1 fully saturated rings. The molecule has 0 aliphatic carbocycles. The monoisotopic (exact) mass is 230 g/mol. The zero-order valence-corrected chi connectivity index (χ0v) is 9.68. The van der Waals surface area contributed by atoms with Crippen molar-refractivity contribution in [1.82, 2.24) is 0 Å². The fraction of sp³-hybridized carbons (Fsp3) is 0.727. The predicted octanol–water partition coefficient (Wildman–Crippen LogP) is 0.534. The molecule has 1 heterocycles. The van der Waals surface area contributed by atoms with Crippen molar-refractivity contribution in [3.8, 4) is 0 Å². The van der Waals surface area contributed by atoms with Crippen LogP contribution in [0.4, 0.5) is 0 Å². The highest BCUT2D eigenvalue weighted by molar-refractivity contribution is 5.75. The molecule has 1 aliphatic heterocycles. The second-order valence-electron chi connectivity index (χ2n) is 3.52. The van der Waals surface area contributed by atoms with Gasteiger partial charge in [-0.25, -0.2) is 4.79 Å². The molecule has 0 spiro atoms. The molecule has 0 unspecified atom stereocenters. The van der Waals surface area contributed by atoms with Crippen LogP contribution in [0.25, 0.3) is 0 Å². The minimum absolute atomic E-state index is 0.131.